The van der Waals surface area contributed by atoms with Crippen LogP contribution in [0.2, 0.25) is 0 Å². The smallest absolute Gasteiger partial charge is 0.335 e. The minimum absolute atomic E-state index is 0.245. The van der Waals surface area contributed by atoms with Gasteiger partial charge in [0.25, 0.3) is 0 Å². The van der Waals surface area contributed by atoms with Gasteiger partial charge in [0.2, 0.25) is 0 Å². The lowest BCUT2D eigenvalue weighted by atomic mass is 10.1. The SMILES string of the molecule is C=CC/C=C\C/C=C\C/C=C\CCCCCCCOC(CC)C(=O)OC(C)(C)C. The molecule has 29 heavy (non-hydrogen) atoms. The Morgan fingerprint density at radius 2 is 1.41 bits per heavy atom. The second kappa shape index (κ2) is 18.4. The van der Waals surface area contributed by atoms with Crippen LogP contribution in [0.25, 0.3) is 0 Å². The zero-order valence-electron chi connectivity index (χ0n) is 19.3. The van der Waals surface area contributed by atoms with E-state index >= 15 is 0 Å². The van der Waals surface area contributed by atoms with Gasteiger partial charge in [-0.15, -0.1) is 6.58 Å². The van der Waals surface area contributed by atoms with Gasteiger partial charge in [0.05, 0.1) is 0 Å². The van der Waals surface area contributed by atoms with Crippen molar-refractivity contribution in [2.24, 2.45) is 0 Å². The Kier molecular flexibility index (Phi) is 17.4. The van der Waals surface area contributed by atoms with Gasteiger partial charge in [-0.05, 0) is 65.7 Å². The fraction of sp³-hybridized carbons (Fsp3) is 0.654. The minimum atomic E-state index is -0.457. The third kappa shape index (κ3) is 19.5. The van der Waals surface area contributed by atoms with Crippen molar-refractivity contribution in [3.63, 3.8) is 0 Å². The molecule has 0 fully saturated rings. The summed E-state index contributed by atoms with van der Waals surface area (Å²) in [7, 11) is 0. The maximum absolute atomic E-state index is 12.0. The summed E-state index contributed by atoms with van der Waals surface area (Å²) < 4.78 is 11.1. The van der Waals surface area contributed by atoms with Gasteiger partial charge in [-0.3, -0.25) is 0 Å². The van der Waals surface area contributed by atoms with Crippen LogP contribution >= 0.6 is 0 Å². The van der Waals surface area contributed by atoms with Gasteiger partial charge in [-0.25, -0.2) is 4.79 Å². The number of hydrogen-bond donors (Lipinski definition) is 0. The first-order chi connectivity index (χ1) is 13.9. The van der Waals surface area contributed by atoms with E-state index < -0.39 is 11.7 Å². The molecular weight excluding hydrogens is 360 g/mol. The van der Waals surface area contributed by atoms with Crippen LogP contribution in [0.3, 0.4) is 0 Å². The first-order valence-corrected chi connectivity index (χ1v) is 11.3. The van der Waals surface area contributed by atoms with Crippen LogP contribution in [0.1, 0.15) is 91.9 Å². The van der Waals surface area contributed by atoms with Crippen molar-refractivity contribution in [2.45, 2.75) is 104 Å². The van der Waals surface area contributed by atoms with Crippen LogP contribution in [-0.2, 0) is 14.3 Å². The normalized spacial score (nSPS) is 13.5. The van der Waals surface area contributed by atoms with Gasteiger partial charge >= 0.3 is 5.97 Å². The van der Waals surface area contributed by atoms with Gasteiger partial charge in [0.15, 0.2) is 6.10 Å². The molecule has 0 aliphatic heterocycles. The zero-order chi connectivity index (χ0) is 21.8. The van der Waals surface area contributed by atoms with Crippen molar-refractivity contribution in [2.75, 3.05) is 6.61 Å². The summed E-state index contributed by atoms with van der Waals surface area (Å²) in [6.45, 7) is 11.9. The van der Waals surface area contributed by atoms with E-state index in [2.05, 4.69) is 43.0 Å². The number of unbranched alkanes of at least 4 members (excludes halogenated alkanes) is 5. The molecule has 0 bridgehead atoms. The topological polar surface area (TPSA) is 35.5 Å². The third-order valence-electron chi connectivity index (χ3n) is 4.22. The van der Waals surface area contributed by atoms with Crippen molar-refractivity contribution < 1.29 is 14.3 Å². The molecule has 0 saturated carbocycles. The van der Waals surface area contributed by atoms with E-state index in [1.54, 1.807) is 0 Å². The predicted molar refractivity (Wildman–Crippen MR) is 125 cm³/mol. The van der Waals surface area contributed by atoms with Gasteiger partial charge in [-0.2, -0.15) is 0 Å². The number of hydrogen-bond acceptors (Lipinski definition) is 3. The summed E-state index contributed by atoms with van der Waals surface area (Å²) in [5, 5.41) is 0. The van der Waals surface area contributed by atoms with Gasteiger partial charge in [0, 0.05) is 6.61 Å². The van der Waals surface area contributed by atoms with Gasteiger partial charge in [0.1, 0.15) is 5.60 Å². The molecule has 0 rings (SSSR count). The van der Waals surface area contributed by atoms with Crippen molar-refractivity contribution in [1.82, 2.24) is 0 Å². The number of carbonyl (C=O) groups is 1. The Labute approximate surface area is 179 Å². The number of ether oxygens (including phenoxy) is 2. The van der Waals surface area contributed by atoms with Crippen molar-refractivity contribution in [3.8, 4) is 0 Å². The molecule has 0 N–H and O–H groups in total. The van der Waals surface area contributed by atoms with Gasteiger partial charge in [-0.1, -0.05) is 68.7 Å². The minimum Gasteiger partial charge on any atom is -0.458 e. The molecule has 0 spiro atoms. The molecule has 166 valence electrons. The standard InChI is InChI=1S/C26H44O3/c1-6-8-9-10-11-12-13-14-15-16-17-18-19-20-21-22-23-28-24(7-2)25(27)29-26(3,4)5/h6,9-10,12-13,15-16,24H,1,7-8,11,14,17-23H2,2-5H3/b10-9-,13-12-,16-15-. The Morgan fingerprint density at radius 3 is 2.00 bits per heavy atom. The van der Waals surface area contributed by atoms with Crippen LogP contribution < -0.4 is 0 Å². The van der Waals surface area contributed by atoms with Gasteiger partial charge < -0.3 is 9.47 Å². The average Bonchev–Trinajstić information content (AvgIpc) is 2.65. The first-order valence-electron chi connectivity index (χ1n) is 11.3. The Morgan fingerprint density at radius 1 is 0.862 bits per heavy atom. The van der Waals surface area contributed by atoms with E-state index in [1.807, 2.05) is 33.8 Å². The quantitative estimate of drug-likeness (QED) is 0.143. The Balaban J connectivity index is 3.57. The van der Waals surface area contributed by atoms with Crippen LogP contribution in [0, 0.1) is 0 Å². The number of allylic oxidation sites excluding steroid dienone is 7. The molecular formula is C26H44O3. The molecule has 0 saturated heterocycles. The molecule has 0 aromatic carbocycles. The molecule has 3 nitrogen and oxygen atoms in total. The van der Waals surface area contributed by atoms with E-state index in [1.165, 1.54) is 19.3 Å². The third-order valence-corrected chi connectivity index (χ3v) is 4.22. The second-order valence-electron chi connectivity index (χ2n) is 8.27. The lowest BCUT2D eigenvalue weighted by molar-refractivity contribution is -0.168. The number of esters is 1. The first kappa shape index (κ1) is 27.4. The summed E-state index contributed by atoms with van der Waals surface area (Å²) in [6.07, 6.45) is 25.4. The fourth-order valence-corrected chi connectivity index (χ4v) is 2.69. The highest BCUT2D eigenvalue weighted by molar-refractivity contribution is 5.75. The summed E-state index contributed by atoms with van der Waals surface area (Å²) >= 11 is 0. The summed E-state index contributed by atoms with van der Waals surface area (Å²) in [5.74, 6) is -0.245. The summed E-state index contributed by atoms with van der Waals surface area (Å²) in [4.78, 5) is 12.0. The Hall–Kier alpha value is -1.61. The van der Waals surface area contributed by atoms with Crippen LogP contribution in [0.5, 0.6) is 0 Å². The maximum atomic E-state index is 12.0. The molecule has 0 aliphatic carbocycles. The summed E-state index contributed by atoms with van der Waals surface area (Å²) in [6, 6.07) is 0. The molecule has 1 unspecified atom stereocenters. The zero-order valence-corrected chi connectivity index (χ0v) is 19.3. The highest BCUT2D eigenvalue weighted by atomic mass is 16.6. The van der Waals surface area contributed by atoms with E-state index in [0.717, 1.165) is 38.5 Å². The largest absolute Gasteiger partial charge is 0.458 e. The van der Waals surface area contributed by atoms with Crippen LogP contribution in [0.4, 0.5) is 0 Å². The highest BCUT2D eigenvalue weighted by Gasteiger charge is 2.24. The van der Waals surface area contributed by atoms with Crippen molar-refractivity contribution in [1.29, 1.82) is 0 Å². The van der Waals surface area contributed by atoms with Crippen LogP contribution in [0.15, 0.2) is 49.1 Å². The summed E-state index contributed by atoms with van der Waals surface area (Å²) in [5.41, 5.74) is -0.457. The van der Waals surface area contributed by atoms with E-state index in [4.69, 9.17) is 9.47 Å². The molecule has 0 aromatic heterocycles. The lowest BCUT2D eigenvalue weighted by Crippen LogP contribution is -2.33. The predicted octanol–water partition coefficient (Wildman–Crippen LogP) is 7.49. The average molecular weight is 405 g/mol. The maximum Gasteiger partial charge on any atom is 0.335 e. The van der Waals surface area contributed by atoms with Crippen molar-refractivity contribution >= 4 is 5.97 Å². The lowest BCUT2D eigenvalue weighted by Gasteiger charge is -2.23. The molecule has 0 aromatic rings. The molecule has 0 radical (unpaired) electrons. The van der Waals surface area contributed by atoms with Crippen molar-refractivity contribution in [3.05, 3.63) is 49.1 Å². The number of rotatable bonds is 17. The number of carbonyl (C=O) groups excluding carboxylic acids is 1. The fourth-order valence-electron chi connectivity index (χ4n) is 2.69. The van der Waals surface area contributed by atoms with Crippen LogP contribution in [-0.4, -0.2) is 24.3 Å². The molecule has 0 aliphatic rings. The van der Waals surface area contributed by atoms with E-state index in [9.17, 15) is 4.79 Å². The highest BCUT2D eigenvalue weighted by Crippen LogP contribution is 2.13. The monoisotopic (exact) mass is 404 g/mol. The molecule has 0 amide bonds. The second-order valence-corrected chi connectivity index (χ2v) is 8.27. The van der Waals surface area contributed by atoms with E-state index in [-0.39, 0.29) is 5.97 Å². The molecule has 1 atom stereocenters. The molecule has 0 heterocycles. The van der Waals surface area contributed by atoms with E-state index in [0.29, 0.717) is 13.0 Å². The Bertz CT molecular complexity index is 495. The molecule has 3 heteroatoms.